The van der Waals surface area contributed by atoms with Crippen LogP contribution in [-0.4, -0.2) is 30.5 Å². The van der Waals surface area contributed by atoms with Crippen LogP contribution in [0.4, 0.5) is 17.1 Å². The van der Waals surface area contributed by atoms with E-state index in [1.807, 2.05) is 24.3 Å². The molecule has 0 atom stereocenters. The standard InChI is InChI=1S/C29H26N4O3/c1-36-27-17-24(10-13-26(27)32-29(35)22-7-4-15-30-18-22)31-28(34)21-8-11-25(12-9-21)33-16-14-20-5-2-3-6-23(20)19-33/h2-13,15,17-18H,14,16,19H2,1H3,(H,31,34)(H,32,35). The van der Waals surface area contributed by atoms with Gasteiger partial charge in [-0.2, -0.15) is 0 Å². The summed E-state index contributed by atoms with van der Waals surface area (Å²) in [6.07, 6.45) is 4.11. The third kappa shape index (κ3) is 5.05. The number of hydrogen-bond acceptors (Lipinski definition) is 5. The highest BCUT2D eigenvalue weighted by Gasteiger charge is 2.17. The maximum Gasteiger partial charge on any atom is 0.257 e. The van der Waals surface area contributed by atoms with Gasteiger partial charge in [-0.15, -0.1) is 0 Å². The van der Waals surface area contributed by atoms with Crippen LogP contribution in [0.1, 0.15) is 31.8 Å². The lowest BCUT2D eigenvalue weighted by atomic mass is 9.99. The van der Waals surface area contributed by atoms with Crippen molar-refractivity contribution in [1.29, 1.82) is 0 Å². The van der Waals surface area contributed by atoms with E-state index in [0.29, 0.717) is 28.3 Å². The fourth-order valence-electron chi connectivity index (χ4n) is 4.31. The predicted molar refractivity (Wildman–Crippen MR) is 141 cm³/mol. The van der Waals surface area contributed by atoms with Crippen molar-refractivity contribution in [1.82, 2.24) is 4.98 Å². The van der Waals surface area contributed by atoms with Crippen LogP contribution in [0.15, 0.2) is 91.3 Å². The van der Waals surface area contributed by atoms with Crippen LogP contribution in [-0.2, 0) is 13.0 Å². The number of anilines is 3. The van der Waals surface area contributed by atoms with Gasteiger partial charge in [-0.05, 0) is 66.1 Å². The summed E-state index contributed by atoms with van der Waals surface area (Å²) in [5, 5.41) is 5.71. The molecule has 3 aromatic carbocycles. The Kier molecular flexibility index (Phi) is 6.62. The van der Waals surface area contributed by atoms with E-state index in [0.717, 1.165) is 25.2 Å². The summed E-state index contributed by atoms with van der Waals surface area (Å²) < 4.78 is 5.43. The van der Waals surface area contributed by atoms with Gasteiger partial charge in [0.25, 0.3) is 11.8 Å². The molecule has 7 heteroatoms. The summed E-state index contributed by atoms with van der Waals surface area (Å²) in [6, 6.07) is 24.6. The quantitative estimate of drug-likeness (QED) is 0.400. The maximum absolute atomic E-state index is 12.9. The molecule has 2 N–H and O–H groups in total. The topological polar surface area (TPSA) is 83.6 Å². The van der Waals surface area contributed by atoms with Gasteiger partial charge in [0.05, 0.1) is 18.4 Å². The van der Waals surface area contributed by atoms with Gasteiger partial charge < -0.3 is 20.3 Å². The summed E-state index contributed by atoms with van der Waals surface area (Å²) >= 11 is 0. The van der Waals surface area contributed by atoms with Crippen LogP contribution in [0.2, 0.25) is 0 Å². The molecule has 1 aliphatic heterocycles. The van der Waals surface area contributed by atoms with Gasteiger partial charge in [-0.25, -0.2) is 0 Å². The first kappa shape index (κ1) is 23.1. The second-order valence-corrected chi connectivity index (χ2v) is 8.55. The molecule has 4 aromatic rings. The number of methoxy groups -OCH3 is 1. The first-order chi connectivity index (χ1) is 17.6. The molecule has 0 saturated carbocycles. The molecule has 0 bridgehead atoms. The summed E-state index contributed by atoms with van der Waals surface area (Å²) in [4.78, 5) is 31.6. The predicted octanol–water partition coefficient (Wildman–Crippen LogP) is 5.16. The molecule has 2 amide bonds. The minimum absolute atomic E-state index is 0.222. The molecule has 1 aliphatic rings. The number of ether oxygens (including phenoxy) is 1. The lowest BCUT2D eigenvalue weighted by Crippen LogP contribution is -2.30. The van der Waals surface area contributed by atoms with Crippen molar-refractivity contribution in [2.75, 3.05) is 29.2 Å². The molecular weight excluding hydrogens is 452 g/mol. The summed E-state index contributed by atoms with van der Waals surface area (Å²) in [6.45, 7) is 1.82. The number of carbonyl (C=O) groups excluding carboxylic acids is 2. The van der Waals surface area contributed by atoms with Gasteiger partial charge in [0.2, 0.25) is 0 Å². The zero-order valence-electron chi connectivity index (χ0n) is 19.9. The number of carbonyl (C=O) groups is 2. The molecule has 0 saturated heterocycles. The van der Waals surface area contributed by atoms with Crippen molar-refractivity contribution in [3.63, 3.8) is 0 Å². The third-order valence-electron chi connectivity index (χ3n) is 6.26. The van der Waals surface area contributed by atoms with Gasteiger partial charge in [-0.3, -0.25) is 14.6 Å². The summed E-state index contributed by atoms with van der Waals surface area (Å²) in [7, 11) is 1.51. The molecule has 1 aromatic heterocycles. The Labute approximate surface area is 209 Å². The number of nitrogens with one attached hydrogen (secondary N) is 2. The Morgan fingerprint density at radius 2 is 1.64 bits per heavy atom. The molecule has 36 heavy (non-hydrogen) atoms. The van der Waals surface area contributed by atoms with Gasteiger partial charge in [0.15, 0.2) is 0 Å². The van der Waals surface area contributed by atoms with Gasteiger partial charge in [0.1, 0.15) is 5.75 Å². The molecular formula is C29H26N4O3. The van der Waals surface area contributed by atoms with Crippen molar-refractivity contribution in [3.05, 3.63) is 114 Å². The lowest BCUT2D eigenvalue weighted by Gasteiger charge is -2.30. The largest absolute Gasteiger partial charge is 0.494 e. The monoisotopic (exact) mass is 478 g/mol. The van der Waals surface area contributed by atoms with Gasteiger partial charge >= 0.3 is 0 Å². The summed E-state index contributed by atoms with van der Waals surface area (Å²) in [5.41, 5.74) is 5.90. The van der Waals surface area contributed by atoms with Crippen LogP contribution < -0.4 is 20.3 Å². The van der Waals surface area contributed by atoms with E-state index in [4.69, 9.17) is 4.74 Å². The normalized spacial score (nSPS) is 12.4. The van der Waals surface area contributed by atoms with Crippen LogP contribution >= 0.6 is 0 Å². The van der Waals surface area contributed by atoms with Crippen molar-refractivity contribution < 1.29 is 14.3 Å². The Hall–Kier alpha value is -4.65. The van der Waals surface area contributed by atoms with Crippen molar-refractivity contribution >= 4 is 28.9 Å². The number of benzene rings is 3. The molecule has 2 heterocycles. The molecule has 0 spiro atoms. The molecule has 5 rings (SSSR count). The van der Waals surface area contributed by atoms with Crippen LogP contribution in [0.25, 0.3) is 0 Å². The summed E-state index contributed by atoms with van der Waals surface area (Å²) in [5.74, 6) is -0.0824. The van der Waals surface area contributed by atoms with Gasteiger partial charge in [0, 0.05) is 48.5 Å². The minimum atomic E-state index is -0.296. The number of amides is 2. The van der Waals surface area contributed by atoms with E-state index in [9.17, 15) is 9.59 Å². The maximum atomic E-state index is 12.9. The van der Waals surface area contributed by atoms with Crippen molar-refractivity contribution in [2.24, 2.45) is 0 Å². The lowest BCUT2D eigenvalue weighted by molar-refractivity contribution is 0.101. The fourth-order valence-corrected chi connectivity index (χ4v) is 4.31. The Balaban J connectivity index is 1.24. The Morgan fingerprint density at radius 1 is 0.861 bits per heavy atom. The molecule has 0 fully saturated rings. The van der Waals surface area contributed by atoms with Crippen molar-refractivity contribution in [3.8, 4) is 5.75 Å². The average Bonchev–Trinajstić information content (AvgIpc) is 2.94. The van der Waals surface area contributed by atoms with E-state index < -0.39 is 0 Å². The zero-order chi connectivity index (χ0) is 24.9. The zero-order valence-corrected chi connectivity index (χ0v) is 19.9. The van der Waals surface area contributed by atoms with Crippen LogP contribution in [0.5, 0.6) is 5.75 Å². The number of hydrogen-bond donors (Lipinski definition) is 2. The van der Waals surface area contributed by atoms with E-state index >= 15 is 0 Å². The van der Waals surface area contributed by atoms with E-state index in [-0.39, 0.29) is 11.8 Å². The first-order valence-electron chi connectivity index (χ1n) is 11.7. The molecule has 0 unspecified atom stereocenters. The fraction of sp³-hybridized carbons (Fsp3) is 0.138. The third-order valence-corrected chi connectivity index (χ3v) is 6.26. The minimum Gasteiger partial charge on any atom is -0.494 e. The number of nitrogens with zero attached hydrogens (tertiary/aromatic N) is 2. The number of rotatable bonds is 6. The smallest absolute Gasteiger partial charge is 0.257 e. The molecule has 0 radical (unpaired) electrons. The second-order valence-electron chi connectivity index (χ2n) is 8.55. The number of fused-ring (bicyclic) bond motifs is 1. The SMILES string of the molecule is COc1cc(NC(=O)c2ccc(N3CCc4ccccc4C3)cc2)ccc1NC(=O)c1cccnc1. The molecule has 180 valence electrons. The van der Waals surface area contributed by atoms with E-state index in [2.05, 4.69) is 44.8 Å². The average molecular weight is 479 g/mol. The van der Waals surface area contributed by atoms with Crippen molar-refractivity contribution in [2.45, 2.75) is 13.0 Å². The highest BCUT2D eigenvalue weighted by molar-refractivity contribution is 6.06. The van der Waals surface area contributed by atoms with Crippen LogP contribution in [0, 0.1) is 0 Å². The second kappa shape index (κ2) is 10.3. The number of aromatic nitrogens is 1. The molecule has 7 nitrogen and oxygen atoms in total. The molecule has 0 aliphatic carbocycles. The number of pyridine rings is 1. The Morgan fingerprint density at radius 3 is 2.39 bits per heavy atom. The Bertz CT molecular complexity index is 1390. The van der Waals surface area contributed by atoms with E-state index in [1.165, 1.54) is 24.4 Å². The highest BCUT2D eigenvalue weighted by Crippen LogP contribution is 2.29. The highest BCUT2D eigenvalue weighted by atomic mass is 16.5. The van der Waals surface area contributed by atoms with Crippen LogP contribution in [0.3, 0.4) is 0 Å². The van der Waals surface area contributed by atoms with Gasteiger partial charge in [-0.1, -0.05) is 24.3 Å². The van der Waals surface area contributed by atoms with E-state index in [1.54, 1.807) is 36.5 Å². The first-order valence-corrected chi connectivity index (χ1v) is 11.7.